The molecule has 96 valence electrons. The van der Waals surface area contributed by atoms with E-state index in [1.165, 1.54) is 5.56 Å². The van der Waals surface area contributed by atoms with Crippen LogP contribution >= 0.6 is 0 Å². The highest BCUT2D eigenvalue weighted by molar-refractivity contribution is 5.98. The van der Waals surface area contributed by atoms with Gasteiger partial charge in [0.15, 0.2) is 5.78 Å². The Bertz CT molecular complexity index is 544. The van der Waals surface area contributed by atoms with Gasteiger partial charge >= 0.3 is 0 Å². The molecule has 2 aromatic carbocycles. The molecule has 0 amide bonds. The summed E-state index contributed by atoms with van der Waals surface area (Å²) in [4.78, 5) is 12.6. The van der Waals surface area contributed by atoms with Crippen molar-refractivity contribution in [2.45, 2.75) is 25.2 Å². The summed E-state index contributed by atoms with van der Waals surface area (Å²) in [6.45, 7) is 0. The van der Waals surface area contributed by atoms with Crippen LogP contribution in [-0.2, 0) is 0 Å². The van der Waals surface area contributed by atoms with E-state index in [1.54, 1.807) is 0 Å². The lowest BCUT2D eigenvalue weighted by molar-refractivity contribution is 0.0912. The zero-order valence-electron chi connectivity index (χ0n) is 11.0. The van der Waals surface area contributed by atoms with Gasteiger partial charge in [-0.3, -0.25) is 4.79 Å². The van der Waals surface area contributed by atoms with E-state index in [0.717, 1.165) is 24.8 Å². The predicted octanol–water partition coefficient (Wildman–Crippen LogP) is 4.45. The maximum atomic E-state index is 12.6. The molecule has 0 N–H and O–H groups in total. The summed E-state index contributed by atoms with van der Waals surface area (Å²) < 4.78 is 0. The van der Waals surface area contributed by atoms with E-state index in [2.05, 4.69) is 24.3 Å². The van der Waals surface area contributed by atoms with Crippen LogP contribution in [0.4, 0.5) is 0 Å². The van der Waals surface area contributed by atoms with Gasteiger partial charge in [-0.2, -0.15) is 0 Å². The number of ketones is 1. The molecule has 1 fully saturated rings. The first-order chi connectivity index (χ1) is 9.36. The minimum atomic E-state index is 0.157. The summed E-state index contributed by atoms with van der Waals surface area (Å²) in [5, 5.41) is 0. The smallest absolute Gasteiger partial charge is 0.166 e. The van der Waals surface area contributed by atoms with Gasteiger partial charge in [-0.05, 0) is 24.3 Å². The van der Waals surface area contributed by atoms with E-state index in [9.17, 15) is 4.79 Å². The van der Waals surface area contributed by atoms with Crippen LogP contribution in [0, 0.1) is 5.92 Å². The molecule has 2 atom stereocenters. The second-order valence-electron chi connectivity index (χ2n) is 5.28. The summed E-state index contributed by atoms with van der Waals surface area (Å²) in [5.41, 5.74) is 2.17. The monoisotopic (exact) mass is 250 g/mol. The van der Waals surface area contributed by atoms with Crippen molar-refractivity contribution in [3.8, 4) is 0 Å². The number of carbonyl (C=O) groups excluding carboxylic acids is 1. The Morgan fingerprint density at radius 3 is 2.16 bits per heavy atom. The van der Waals surface area contributed by atoms with Crippen molar-refractivity contribution >= 4 is 5.78 Å². The largest absolute Gasteiger partial charge is 0.294 e. The molecule has 0 aromatic heterocycles. The van der Waals surface area contributed by atoms with Crippen LogP contribution in [0.5, 0.6) is 0 Å². The van der Waals surface area contributed by atoms with Gasteiger partial charge in [0.05, 0.1) is 0 Å². The van der Waals surface area contributed by atoms with Crippen molar-refractivity contribution in [3.63, 3.8) is 0 Å². The molecular formula is C18H18O. The van der Waals surface area contributed by atoms with Crippen LogP contribution in [0.2, 0.25) is 0 Å². The normalized spacial score (nSPS) is 22.3. The fourth-order valence-electron chi connectivity index (χ4n) is 3.19. The maximum absolute atomic E-state index is 12.6. The van der Waals surface area contributed by atoms with Gasteiger partial charge in [-0.25, -0.2) is 0 Å². The fraction of sp³-hybridized carbons (Fsp3) is 0.278. The molecule has 0 heterocycles. The topological polar surface area (TPSA) is 17.1 Å². The number of carbonyl (C=O) groups is 1. The molecule has 2 aromatic rings. The third kappa shape index (κ3) is 2.46. The highest BCUT2D eigenvalue weighted by atomic mass is 16.1. The molecule has 1 aliphatic carbocycles. The molecule has 0 saturated heterocycles. The number of hydrogen-bond donors (Lipinski definition) is 0. The molecule has 1 saturated carbocycles. The van der Waals surface area contributed by atoms with E-state index in [4.69, 9.17) is 0 Å². The molecule has 0 radical (unpaired) electrons. The summed E-state index contributed by atoms with van der Waals surface area (Å²) in [7, 11) is 0. The Morgan fingerprint density at radius 1 is 0.842 bits per heavy atom. The standard InChI is InChI=1S/C18H18O/c19-18(15-10-5-2-6-11-15)17-13-7-12-16(17)14-8-3-1-4-9-14/h1-6,8-11,16-17H,7,12-13H2. The minimum absolute atomic E-state index is 0.157. The Balaban J connectivity index is 1.86. The van der Waals surface area contributed by atoms with Crippen molar-refractivity contribution in [1.82, 2.24) is 0 Å². The summed E-state index contributed by atoms with van der Waals surface area (Å²) >= 11 is 0. The Kier molecular flexibility index (Phi) is 3.45. The third-order valence-corrected chi connectivity index (χ3v) is 4.14. The molecule has 0 spiro atoms. The SMILES string of the molecule is O=C(c1ccccc1)C1CCCC1c1ccccc1. The van der Waals surface area contributed by atoms with E-state index in [-0.39, 0.29) is 5.92 Å². The zero-order chi connectivity index (χ0) is 13.1. The van der Waals surface area contributed by atoms with Crippen molar-refractivity contribution in [2.75, 3.05) is 0 Å². The summed E-state index contributed by atoms with van der Waals surface area (Å²) in [6.07, 6.45) is 3.31. The van der Waals surface area contributed by atoms with Crippen LogP contribution in [-0.4, -0.2) is 5.78 Å². The van der Waals surface area contributed by atoms with Gasteiger partial charge in [0.1, 0.15) is 0 Å². The minimum Gasteiger partial charge on any atom is -0.294 e. The van der Waals surface area contributed by atoms with Crippen molar-refractivity contribution in [3.05, 3.63) is 71.8 Å². The van der Waals surface area contributed by atoms with Gasteiger partial charge < -0.3 is 0 Å². The van der Waals surface area contributed by atoms with Gasteiger partial charge in [0.25, 0.3) is 0 Å². The highest BCUT2D eigenvalue weighted by Gasteiger charge is 2.34. The molecule has 1 heteroatoms. The lowest BCUT2D eigenvalue weighted by Crippen LogP contribution is -2.17. The molecule has 3 rings (SSSR count). The number of rotatable bonds is 3. The fourth-order valence-corrected chi connectivity index (χ4v) is 3.19. The summed E-state index contributed by atoms with van der Waals surface area (Å²) in [6, 6.07) is 20.2. The first-order valence-corrected chi connectivity index (χ1v) is 7.00. The lowest BCUT2D eigenvalue weighted by Gasteiger charge is -2.19. The molecule has 0 bridgehead atoms. The first kappa shape index (κ1) is 12.2. The zero-order valence-corrected chi connectivity index (χ0v) is 11.0. The van der Waals surface area contributed by atoms with Crippen LogP contribution in [0.15, 0.2) is 60.7 Å². The molecule has 1 aliphatic rings. The van der Waals surface area contributed by atoms with E-state index in [0.29, 0.717) is 11.7 Å². The van der Waals surface area contributed by atoms with Gasteiger partial charge in [-0.15, -0.1) is 0 Å². The Labute approximate surface area is 114 Å². The van der Waals surface area contributed by atoms with E-state index in [1.807, 2.05) is 36.4 Å². The maximum Gasteiger partial charge on any atom is 0.166 e. The van der Waals surface area contributed by atoms with E-state index >= 15 is 0 Å². The van der Waals surface area contributed by atoms with Gasteiger partial charge in [0.2, 0.25) is 0 Å². The van der Waals surface area contributed by atoms with Gasteiger partial charge in [0, 0.05) is 11.5 Å². The molecular weight excluding hydrogens is 232 g/mol. The van der Waals surface area contributed by atoms with Crippen molar-refractivity contribution in [2.24, 2.45) is 5.92 Å². The quantitative estimate of drug-likeness (QED) is 0.735. The molecule has 1 nitrogen and oxygen atoms in total. The Hall–Kier alpha value is -1.89. The molecule has 0 aliphatic heterocycles. The average Bonchev–Trinajstić information content (AvgIpc) is 2.98. The third-order valence-electron chi connectivity index (χ3n) is 4.14. The first-order valence-electron chi connectivity index (χ1n) is 7.00. The number of Topliss-reactive ketones (excluding diaryl/α,β-unsaturated/α-hetero) is 1. The van der Waals surface area contributed by atoms with Gasteiger partial charge in [-0.1, -0.05) is 67.1 Å². The molecule has 19 heavy (non-hydrogen) atoms. The summed E-state index contributed by atoms with van der Waals surface area (Å²) in [5.74, 6) is 0.866. The van der Waals surface area contributed by atoms with Crippen molar-refractivity contribution < 1.29 is 4.79 Å². The average molecular weight is 250 g/mol. The van der Waals surface area contributed by atoms with Crippen LogP contribution in [0.3, 0.4) is 0 Å². The lowest BCUT2D eigenvalue weighted by atomic mass is 9.84. The second-order valence-corrected chi connectivity index (χ2v) is 5.28. The second kappa shape index (κ2) is 5.40. The Morgan fingerprint density at radius 2 is 1.47 bits per heavy atom. The highest BCUT2D eigenvalue weighted by Crippen LogP contribution is 2.41. The number of hydrogen-bond acceptors (Lipinski definition) is 1. The van der Waals surface area contributed by atoms with Crippen molar-refractivity contribution in [1.29, 1.82) is 0 Å². The van der Waals surface area contributed by atoms with Crippen LogP contribution in [0.25, 0.3) is 0 Å². The molecule has 2 unspecified atom stereocenters. The van der Waals surface area contributed by atoms with E-state index < -0.39 is 0 Å². The number of benzene rings is 2. The van der Waals surface area contributed by atoms with Crippen LogP contribution in [0.1, 0.15) is 41.1 Å². The van der Waals surface area contributed by atoms with Crippen LogP contribution < -0.4 is 0 Å². The predicted molar refractivity (Wildman–Crippen MR) is 77.3 cm³/mol.